The summed E-state index contributed by atoms with van der Waals surface area (Å²) in [7, 11) is 0. The van der Waals surface area contributed by atoms with Gasteiger partial charge in [0.2, 0.25) is 6.29 Å². The molecule has 1 unspecified atom stereocenters. The Kier molecular flexibility index (Phi) is 7.77. The Morgan fingerprint density at radius 3 is 2.18 bits per heavy atom. The van der Waals surface area contributed by atoms with E-state index in [1.54, 1.807) is 11.6 Å². The van der Waals surface area contributed by atoms with Crippen LogP contribution in [-0.2, 0) is 26.2 Å². The van der Waals surface area contributed by atoms with Crippen LogP contribution in [0.4, 0.5) is 13.2 Å². The van der Waals surface area contributed by atoms with Crippen molar-refractivity contribution in [3.05, 3.63) is 52.3 Å². The minimum Gasteiger partial charge on any atom is -0.452 e. The van der Waals surface area contributed by atoms with Gasteiger partial charge in [-0.1, -0.05) is 45.0 Å². The predicted molar refractivity (Wildman–Crippen MR) is 121 cm³/mol. The molecule has 2 aromatic rings. The summed E-state index contributed by atoms with van der Waals surface area (Å²) in [5, 5.41) is 12.5. The molecule has 0 radical (unpaired) electrons. The van der Waals surface area contributed by atoms with Gasteiger partial charge in [0.05, 0.1) is 5.69 Å². The van der Waals surface area contributed by atoms with Crippen molar-refractivity contribution in [1.82, 2.24) is 9.78 Å². The van der Waals surface area contributed by atoms with E-state index in [4.69, 9.17) is 10.1 Å². The fraction of sp³-hybridized carbons (Fsp3) is 0.458. The SMILES string of the molecule is CCn1nc(C)c(C)c1/C(OC(C)OC(=O)C(F)(F)F)=C(\C=N)c1ccc(C(C)(C)C)cc1. The molecular formula is C24H30F3N3O3. The van der Waals surface area contributed by atoms with Gasteiger partial charge in [-0.05, 0) is 37.3 Å². The van der Waals surface area contributed by atoms with E-state index in [2.05, 4.69) is 30.6 Å². The zero-order valence-electron chi connectivity index (χ0n) is 19.9. The molecule has 2 rings (SSSR count). The maximum absolute atomic E-state index is 12.7. The van der Waals surface area contributed by atoms with Crippen LogP contribution in [0.5, 0.6) is 0 Å². The van der Waals surface area contributed by atoms with E-state index in [1.807, 2.05) is 38.1 Å². The maximum Gasteiger partial charge on any atom is 0.491 e. The lowest BCUT2D eigenvalue weighted by atomic mass is 9.86. The molecular weight excluding hydrogens is 435 g/mol. The van der Waals surface area contributed by atoms with Crippen LogP contribution in [0.2, 0.25) is 0 Å². The standard InChI is InChI=1S/C24H30F3N3O3/c1-8-30-20(14(2)15(3)29-30)21(32-16(4)33-22(31)24(25,26)27)19(13-28)17-9-11-18(12-10-17)23(5,6)7/h9-13,16,28H,8H2,1-7H3/b21-19-,28-13?. The third-order valence-corrected chi connectivity index (χ3v) is 5.18. The van der Waals surface area contributed by atoms with Gasteiger partial charge in [-0.2, -0.15) is 18.3 Å². The van der Waals surface area contributed by atoms with Crippen LogP contribution in [0.15, 0.2) is 24.3 Å². The number of nitrogens with one attached hydrogen (secondary N) is 1. The second-order valence-corrected chi connectivity index (χ2v) is 8.68. The molecule has 0 amide bonds. The van der Waals surface area contributed by atoms with E-state index >= 15 is 0 Å². The van der Waals surface area contributed by atoms with Crippen LogP contribution < -0.4 is 0 Å². The third kappa shape index (κ3) is 6.03. The quantitative estimate of drug-likeness (QED) is 0.243. The minimum absolute atomic E-state index is 0.0821. The Bertz CT molecular complexity index is 1050. The molecule has 0 aliphatic heterocycles. The lowest BCUT2D eigenvalue weighted by Gasteiger charge is -2.22. The first-order chi connectivity index (χ1) is 15.2. The summed E-state index contributed by atoms with van der Waals surface area (Å²) in [6, 6.07) is 7.51. The first-order valence-electron chi connectivity index (χ1n) is 10.5. The number of nitrogens with zero attached hydrogens (tertiary/aromatic N) is 2. The Hall–Kier alpha value is -3.10. The summed E-state index contributed by atoms with van der Waals surface area (Å²) < 4.78 is 49.9. The predicted octanol–water partition coefficient (Wildman–Crippen LogP) is 5.80. The number of carbonyl (C=O) groups excluding carboxylic acids is 1. The Balaban J connectivity index is 2.65. The summed E-state index contributed by atoms with van der Waals surface area (Å²) in [4.78, 5) is 11.3. The van der Waals surface area contributed by atoms with Gasteiger partial charge >= 0.3 is 12.1 Å². The van der Waals surface area contributed by atoms with Crippen LogP contribution in [0, 0.1) is 19.3 Å². The van der Waals surface area contributed by atoms with Crippen molar-refractivity contribution in [2.45, 2.75) is 72.9 Å². The van der Waals surface area contributed by atoms with Gasteiger partial charge < -0.3 is 14.9 Å². The van der Waals surface area contributed by atoms with Crippen LogP contribution in [0.25, 0.3) is 11.3 Å². The van der Waals surface area contributed by atoms with Gasteiger partial charge in [0.15, 0.2) is 5.76 Å². The van der Waals surface area contributed by atoms with E-state index in [0.29, 0.717) is 29.1 Å². The number of carbonyl (C=O) groups is 1. The van der Waals surface area contributed by atoms with Gasteiger partial charge in [-0.3, -0.25) is 4.68 Å². The minimum atomic E-state index is -5.15. The second kappa shape index (κ2) is 9.80. The van der Waals surface area contributed by atoms with E-state index in [9.17, 15) is 18.0 Å². The number of aromatic nitrogens is 2. The number of allylic oxidation sites excluding steroid dienone is 1. The molecule has 33 heavy (non-hydrogen) atoms. The zero-order valence-corrected chi connectivity index (χ0v) is 19.9. The van der Waals surface area contributed by atoms with E-state index in [0.717, 1.165) is 17.3 Å². The molecule has 1 aromatic carbocycles. The van der Waals surface area contributed by atoms with Crippen molar-refractivity contribution in [2.75, 3.05) is 0 Å². The molecule has 1 N–H and O–H groups in total. The number of hydrogen-bond donors (Lipinski definition) is 1. The van der Waals surface area contributed by atoms with Gasteiger partial charge in [-0.25, -0.2) is 4.79 Å². The summed E-state index contributed by atoms with van der Waals surface area (Å²) in [6.45, 7) is 13.4. The number of aryl methyl sites for hydroxylation is 2. The third-order valence-electron chi connectivity index (χ3n) is 5.18. The number of alkyl halides is 3. The Morgan fingerprint density at radius 1 is 1.15 bits per heavy atom. The van der Waals surface area contributed by atoms with Gasteiger partial charge in [0.25, 0.3) is 0 Å². The van der Waals surface area contributed by atoms with Crippen LogP contribution in [-0.4, -0.2) is 34.4 Å². The highest BCUT2D eigenvalue weighted by Gasteiger charge is 2.42. The average molecular weight is 466 g/mol. The molecule has 0 aliphatic carbocycles. The topological polar surface area (TPSA) is 77.2 Å². The average Bonchev–Trinajstić information content (AvgIpc) is 3.00. The van der Waals surface area contributed by atoms with E-state index < -0.39 is 18.4 Å². The molecule has 1 atom stereocenters. The largest absolute Gasteiger partial charge is 0.491 e. The molecule has 0 aliphatic rings. The van der Waals surface area contributed by atoms with Crippen LogP contribution in [0.1, 0.15) is 62.7 Å². The van der Waals surface area contributed by atoms with Crippen molar-refractivity contribution in [3.63, 3.8) is 0 Å². The smallest absolute Gasteiger partial charge is 0.452 e. The monoisotopic (exact) mass is 465 g/mol. The number of hydrogen-bond acceptors (Lipinski definition) is 5. The molecule has 180 valence electrons. The lowest BCUT2D eigenvalue weighted by molar-refractivity contribution is -0.216. The van der Waals surface area contributed by atoms with Gasteiger partial charge in [-0.15, -0.1) is 0 Å². The summed E-state index contributed by atoms with van der Waals surface area (Å²) >= 11 is 0. The Labute approximate surface area is 191 Å². The molecule has 0 fully saturated rings. The summed E-state index contributed by atoms with van der Waals surface area (Å²) in [5.41, 5.74) is 3.90. The molecule has 6 nitrogen and oxygen atoms in total. The molecule has 9 heteroatoms. The Morgan fingerprint density at radius 2 is 1.73 bits per heavy atom. The number of halogens is 3. The number of ether oxygens (including phenoxy) is 2. The van der Waals surface area contributed by atoms with Crippen molar-refractivity contribution >= 4 is 23.5 Å². The highest BCUT2D eigenvalue weighted by Crippen LogP contribution is 2.33. The fourth-order valence-electron chi connectivity index (χ4n) is 3.27. The van der Waals surface area contributed by atoms with Crippen molar-refractivity contribution in [2.24, 2.45) is 0 Å². The molecule has 0 spiro atoms. The molecule has 0 saturated heterocycles. The lowest BCUT2D eigenvalue weighted by Crippen LogP contribution is -2.30. The fourth-order valence-corrected chi connectivity index (χ4v) is 3.27. The van der Waals surface area contributed by atoms with E-state index in [1.165, 1.54) is 6.92 Å². The molecule has 1 heterocycles. The highest BCUT2D eigenvalue weighted by molar-refractivity contribution is 6.17. The van der Waals surface area contributed by atoms with Crippen LogP contribution in [0.3, 0.4) is 0 Å². The number of benzene rings is 1. The first-order valence-corrected chi connectivity index (χ1v) is 10.5. The highest BCUT2D eigenvalue weighted by atomic mass is 19.4. The van der Waals surface area contributed by atoms with Crippen molar-refractivity contribution in [3.8, 4) is 0 Å². The van der Waals surface area contributed by atoms with Gasteiger partial charge in [0.1, 0.15) is 5.69 Å². The first kappa shape index (κ1) is 26.2. The normalized spacial score (nSPS) is 13.9. The van der Waals surface area contributed by atoms with Crippen molar-refractivity contribution in [1.29, 1.82) is 5.41 Å². The summed E-state index contributed by atoms with van der Waals surface area (Å²) in [6.07, 6.45) is -5.63. The van der Waals surface area contributed by atoms with Gasteiger partial charge in [0, 0.05) is 30.8 Å². The molecule has 1 aromatic heterocycles. The summed E-state index contributed by atoms with van der Waals surface area (Å²) in [5.74, 6) is -2.24. The van der Waals surface area contributed by atoms with E-state index in [-0.39, 0.29) is 11.2 Å². The van der Waals surface area contributed by atoms with Crippen molar-refractivity contribution < 1.29 is 27.4 Å². The second-order valence-electron chi connectivity index (χ2n) is 8.68. The number of esters is 1. The number of rotatable bonds is 7. The maximum atomic E-state index is 12.7. The molecule has 0 bridgehead atoms. The molecule has 0 saturated carbocycles. The zero-order chi connectivity index (χ0) is 25.1. The van der Waals surface area contributed by atoms with Crippen LogP contribution >= 0.6 is 0 Å².